The molecule has 0 aromatic rings. The van der Waals surface area contributed by atoms with Gasteiger partial charge in [-0.15, -0.1) is 0 Å². The summed E-state index contributed by atoms with van der Waals surface area (Å²) in [5.41, 5.74) is 0. The second-order valence-corrected chi connectivity index (χ2v) is 5.33. The highest BCUT2D eigenvalue weighted by Gasteiger charge is 2.36. The molecule has 0 aliphatic carbocycles. The Morgan fingerprint density at radius 1 is 1.09 bits per heavy atom. The van der Waals surface area contributed by atoms with Gasteiger partial charge in [0.25, 0.3) is 0 Å². The van der Waals surface area contributed by atoms with Crippen LogP contribution in [0, 0.1) is 6.42 Å². The number of hydrogen-bond acceptors (Lipinski definition) is 3. The van der Waals surface area contributed by atoms with Crippen LogP contribution in [-0.4, -0.2) is 30.1 Å². The quantitative estimate of drug-likeness (QED) is 0.575. The van der Waals surface area contributed by atoms with Gasteiger partial charge in [0.15, 0.2) is 0 Å². The van der Waals surface area contributed by atoms with E-state index in [-0.39, 0.29) is 0 Å². The van der Waals surface area contributed by atoms with E-state index in [1.165, 1.54) is 0 Å². The van der Waals surface area contributed by atoms with Crippen molar-refractivity contribution in [1.82, 2.24) is 0 Å². The van der Waals surface area contributed by atoms with Crippen LogP contribution in [0.4, 0.5) is 0 Å². The SMILES string of the molecule is C[CH]CC[Si](OC)(OC)OC. The van der Waals surface area contributed by atoms with E-state index in [1.54, 1.807) is 21.3 Å². The Hall–Kier alpha value is 0.0969. The molecule has 0 spiro atoms. The van der Waals surface area contributed by atoms with Crippen LogP contribution in [-0.2, 0) is 13.3 Å². The topological polar surface area (TPSA) is 27.7 Å². The molecular formula is C7H17O3Si. The molecule has 0 atom stereocenters. The lowest BCUT2D eigenvalue weighted by molar-refractivity contribution is 0.123. The molecule has 0 saturated carbocycles. The summed E-state index contributed by atoms with van der Waals surface area (Å²) >= 11 is 0. The summed E-state index contributed by atoms with van der Waals surface area (Å²) in [6, 6.07) is 0.854. The third kappa shape index (κ3) is 3.33. The molecular weight excluding hydrogens is 160 g/mol. The van der Waals surface area contributed by atoms with Gasteiger partial charge in [-0.1, -0.05) is 6.92 Å². The minimum atomic E-state index is -2.27. The van der Waals surface area contributed by atoms with Crippen LogP contribution >= 0.6 is 0 Å². The predicted molar refractivity (Wildman–Crippen MR) is 46.2 cm³/mol. The van der Waals surface area contributed by atoms with Crippen molar-refractivity contribution in [2.75, 3.05) is 21.3 Å². The average molecular weight is 177 g/mol. The molecule has 0 aliphatic heterocycles. The molecule has 67 valence electrons. The third-order valence-electron chi connectivity index (χ3n) is 1.67. The highest BCUT2D eigenvalue weighted by atomic mass is 28.4. The lowest BCUT2D eigenvalue weighted by Crippen LogP contribution is -2.42. The van der Waals surface area contributed by atoms with Crippen LogP contribution in [0.1, 0.15) is 13.3 Å². The van der Waals surface area contributed by atoms with Crippen molar-refractivity contribution in [2.24, 2.45) is 0 Å². The van der Waals surface area contributed by atoms with Gasteiger partial charge in [-0.3, -0.25) is 0 Å². The molecule has 0 saturated heterocycles. The minimum Gasteiger partial charge on any atom is -0.377 e. The van der Waals surface area contributed by atoms with Gasteiger partial charge in [-0.25, -0.2) is 0 Å². The summed E-state index contributed by atoms with van der Waals surface area (Å²) in [4.78, 5) is 0. The van der Waals surface area contributed by atoms with E-state index in [9.17, 15) is 0 Å². The monoisotopic (exact) mass is 177 g/mol. The molecule has 0 aromatic carbocycles. The molecule has 0 heterocycles. The molecule has 0 N–H and O–H groups in total. The van der Waals surface area contributed by atoms with E-state index in [2.05, 4.69) is 6.42 Å². The van der Waals surface area contributed by atoms with E-state index in [0.717, 1.165) is 12.5 Å². The third-order valence-corrected chi connectivity index (χ3v) is 4.44. The van der Waals surface area contributed by atoms with Gasteiger partial charge in [-0.2, -0.15) is 0 Å². The van der Waals surface area contributed by atoms with Crippen LogP contribution in [0.15, 0.2) is 0 Å². The first-order chi connectivity index (χ1) is 5.24. The molecule has 4 heteroatoms. The van der Waals surface area contributed by atoms with Crippen molar-refractivity contribution in [3.05, 3.63) is 6.42 Å². The smallest absolute Gasteiger partial charge is 0.377 e. The van der Waals surface area contributed by atoms with E-state index >= 15 is 0 Å². The van der Waals surface area contributed by atoms with Crippen LogP contribution in [0.5, 0.6) is 0 Å². The van der Waals surface area contributed by atoms with Crippen LogP contribution in [0.3, 0.4) is 0 Å². The van der Waals surface area contributed by atoms with Crippen LogP contribution in [0.25, 0.3) is 0 Å². The molecule has 0 bridgehead atoms. The van der Waals surface area contributed by atoms with E-state index in [0.29, 0.717) is 0 Å². The fourth-order valence-corrected chi connectivity index (χ4v) is 2.63. The highest BCUT2D eigenvalue weighted by Crippen LogP contribution is 2.15. The maximum absolute atomic E-state index is 5.21. The van der Waals surface area contributed by atoms with Gasteiger partial charge in [-0.05, 0) is 12.8 Å². The van der Waals surface area contributed by atoms with Gasteiger partial charge in [0.05, 0.1) is 0 Å². The Morgan fingerprint density at radius 3 is 1.82 bits per heavy atom. The summed E-state index contributed by atoms with van der Waals surface area (Å²) in [6.45, 7) is 2.01. The van der Waals surface area contributed by atoms with Crippen molar-refractivity contribution in [3.63, 3.8) is 0 Å². The van der Waals surface area contributed by atoms with Gasteiger partial charge < -0.3 is 13.3 Å². The van der Waals surface area contributed by atoms with Gasteiger partial charge in [0.1, 0.15) is 0 Å². The molecule has 0 rings (SSSR count). The van der Waals surface area contributed by atoms with E-state index < -0.39 is 8.80 Å². The standard InChI is InChI=1S/C7H17O3Si/c1-5-6-7-11(8-2,9-3)10-4/h5H,6-7H2,1-4H3. The molecule has 0 aliphatic rings. The molecule has 0 fully saturated rings. The Kier molecular flexibility index (Phi) is 5.76. The first-order valence-corrected chi connectivity index (χ1v) is 5.61. The molecule has 0 unspecified atom stereocenters. The summed E-state index contributed by atoms with van der Waals surface area (Å²) in [7, 11) is 2.63. The van der Waals surface area contributed by atoms with Gasteiger partial charge in [0, 0.05) is 27.4 Å². The van der Waals surface area contributed by atoms with E-state index in [1.807, 2.05) is 6.92 Å². The zero-order valence-electron chi connectivity index (χ0n) is 7.72. The molecule has 0 amide bonds. The van der Waals surface area contributed by atoms with Crippen molar-refractivity contribution in [2.45, 2.75) is 19.4 Å². The summed E-state index contributed by atoms with van der Waals surface area (Å²) in [5, 5.41) is 0. The van der Waals surface area contributed by atoms with Crippen molar-refractivity contribution in [3.8, 4) is 0 Å². The fraction of sp³-hybridized carbons (Fsp3) is 0.857. The Morgan fingerprint density at radius 2 is 1.55 bits per heavy atom. The lowest BCUT2D eigenvalue weighted by atomic mass is 10.4. The molecule has 0 aromatic heterocycles. The number of unbranched alkanes of at least 4 members (excludes halogenated alkanes) is 1. The summed E-state index contributed by atoms with van der Waals surface area (Å²) < 4.78 is 15.6. The molecule has 11 heavy (non-hydrogen) atoms. The normalized spacial score (nSPS) is 12.0. The Labute approximate surface area is 70.0 Å². The Bertz CT molecular complexity index is 85.4. The lowest BCUT2D eigenvalue weighted by Gasteiger charge is -2.23. The Balaban J connectivity index is 3.84. The highest BCUT2D eigenvalue weighted by molar-refractivity contribution is 6.60. The van der Waals surface area contributed by atoms with Crippen LogP contribution in [0.2, 0.25) is 6.04 Å². The number of rotatable bonds is 6. The number of hydrogen-bond donors (Lipinski definition) is 0. The first kappa shape index (κ1) is 11.1. The van der Waals surface area contributed by atoms with Crippen molar-refractivity contribution < 1.29 is 13.3 Å². The zero-order chi connectivity index (χ0) is 8.74. The van der Waals surface area contributed by atoms with E-state index in [4.69, 9.17) is 13.3 Å². The average Bonchev–Trinajstić information content (AvgIpc) is 2.08. The summed E-state index contributed by atoms with van der Waals surface area (Å²) in [6.07, 6.45) is 3.06. The first-order valence-electron chi connectivity index (χ1n) is 3.68. The largest absolute Gasteiger partial charge is 0.500 e. The maximum Gasteiger partial charge on any atom is 0.500 e. The summed E-state index contributed by atoms with van der Waals surface area (Å²) in [5.74, 6) is 0. The minimum absolute atomic E-state index is 0.854. The molecule has 3 nitrogen and oxygen atoms in total. The van der Waals surface area contributed by atoms with Gasteiger partial charge in [0.2, 0.25) is 0 Å². The second-order valence-electron chi connectivity index (χ2n) is 2.24. The second kappa shape index (κ2) is 5.71. The van der Waals surface area contributed by atoms with Gasteiger partial charge >= 0.3 is 8.80 Å². The zero-order valence-corrected chi connectivity index (χ0v) is 8.72. The maximum atomic E-state index is 5.21. The van der Waals surface area contributed by atoms with Crippen molar-refractivity contribution >= 4 is 8.80 Å². The van der Waals surface area contributed by atoms with Crippen LogP contribution < -0.4 is 0 Å². The van der Waals surface area contributed by atoms with Crippen molar-refractivity contribution in [1.29, 1.82) is 0 Å². The fourth-order valence-electron chi connectivity index (χ4n) is 0.877. The predicted octanol–water partition coefficient (Wildman–Crippen LogP) is 1.48. The molecule has 1 radical (unpaired) electrons.